The van der Waals surface area contributed by atoms with Gasteiger partial charge in [-0.15, -0.1) is 0 Å². The van der Waals surface area contributed by atoms with Gasteiger partial charge in [0, 0.05) is 11.7 Å². The highest BCUT2D eigenvalue weighted by Gasteiger charge is 2.20. The van der Waals surface area contributed by atoms with Crippen LogP contribution in [-0.4, -0.2) is 11.0 Å². The molecule has 1 aromatic heterocycles. The van der Waals surface area contributed by atoms with E-state index in [1.807, 2.05) is 18.2 Å². The second-order valence-corrected chi connectivity index (χ2v) is 5.24. The molecule has 1 heterocycles. The topological polar surface area (TPSA) is 58.0 Å². The molecule has 2 aromatic rings. The number of rotatable bonds is 2. The molecule has 0 bridgehead atoms. The third-order valence-electron chi connectivity index (χ3n) is 3.88. The molecule has 0 unspecified atom stereocenters. The highest BCUT2D eigenvalue weighted by atomic mass is 16.4. The number of hydrogen-bond donors (Lipinski definition) is 2. The summed E-state index contributed by atoms with van der Waals surface area (Å²) in [6.07, 6.45) is 5.16. The smallest absolute Gasteiger partial charge is 0.408 e. The van der Waals surface area contributed by atoms with Crippen LogP contribution >= 0.6 is 0 Å². The van der Waals surface area contributed by atoms with Crippen LogP contribution in [0.5, 0.6) is 0 Å². The van der Waals surface area contributed by atoms with E-state index in [1.165, 1.54) is 25.7 Å². The Morgan fingerprint density at radius 1 is 1.33 bits per heavy atom. The van der Waals surface area contributed by atoms with E-state index in [2.05, 4.69) is 17.2 Å². The minimum Gasteiger partial charge on any atom is -0.408 e. The average molecular weight is 246 g/mol. The molecular weight excluding hydrogens is 228 g/mol. The fourth-order valence-electron chi connectivity index (χ4n) is 2.79. The van der Waals surface area contributed by atoms with Crippen LogP contribution in [0.3, 0.4) is 0 Å². The van der Waals surface area contributed by atoms with Gasteiger partial charge in [-0.05, 0) is 37.0 Å². The van der Waals surface area contributed by atoms with Gasteiger partial charge in [0.05, 0.1) is 5.52 Å². The van der Waals surface area contributed by atoms with Crippen LogP contribution in [0.25, 0.3) is 11.1 Å². The second kappa shape index (κ2) is 4.52. The molecule has 1 saturated carbocycles. The highest BCUT2D eigenvalue weighted by molar-refractivity contribution is 5.76. The molecule has 0 saturated heterocycles. The molecule has 0 radical (unpaired) electrons. The number of oxazole rings is 1. The molecule has 1 aromatic carbocycles. The third-order valence-corrected chi connectivity index (χ3v) is 3.88. The zero-order valence-electron chi connectivity index (χ0n) is 10.5. The predicted molar refractivity (Wildman–Crippen MR) is 71.9 cm³/mol. The lowest BCUT2D eigenvalue weighted by molar-refractivity contribution is 0.349. The van der Waals surface area contributed by atoms with Crippen molar-refractivity contribution in [2.24, 2.45) is 5.92 Å². The van der Waals surface area contributed by atoms with E-state index < -0.39 is 5.76 Å². The van der Waals surface area contributed by atoms with Crippen LogP contribution in [0.15, 0.2) is 27.4 Å². The summed E-state index contributed by atoms with van der Waals surface area (Å²) < 4.78 is 5.00. The fraction of sp³-hybridized carbons (Fsp3) is 0.500. The number of fused-ring (bicyclic) bond motifs is 1. The van der Waals surface area contributed by atoms with Crippen LogP contribution in [0.1, 0.15) is 32.6 Å². The van der Waals surface area contributed by atoms with Gasteiger partial charge < -0.3 is 9.73 Å². The van der Waals surface area contributed by atoms with Crippen molar-refractivity contribution in [2.75, 3.05) is 5.32 Å². The van der Waals surface area contributed by atoms with Gasteiger partial charge in [-0.25, -0.2) is 4.79 Å². The van der Waals surface area contributed by atoms with Crippen molar-refractivity contribution < 1.29 is 4.42 Å². The maximum atomic E-state index is 11.1. The number of benzene rings is 1. The summed E-state index contributed by atoms with van der Waals surface area (Å²) in [5, 5.41) is 3.57. The minimum atomic E-state index is -0.395. The predicted octanol–water partition coefficient (Wildman–Crippen LogP) is 3.11. The maximum Gasteiger partial charge on any atom is 0.417 e. The van der Waals surface area contributed by atoms with Crippen LogP contribution in [0.2, 0.25) is 0 Å². The van der Waals surface area contributed by atoms with Gasteiger partial charge in [-0.1, -0.05) is 19.8 Å². The molecule has 2 atom stereocenters. The molecule has 4 nitrogen and oxygen atoms in total. The Kier molecular flexibility index (Phi) is 2.86. The molecule has 1 fully saturated rings. The van der Waals surface area contributed by atoms with E-state index in [-0.39, 0.29) is 0 Å². The molecule has 1 aliphatic rings. The van der Waals surface area contributed by atoms with E-state index >= 15 is 0 Å². The third kappa shape index (κ3) is 2.15. The number of aromatic nitrogens is 1. The van der Waals surface area contributed by atoms with Crippen molar-refractivity contribution in [3.05, 3.63) is 28.7 Å². The van der Waals surface area contributed by atoms with Gasteiger partial charge >= 0.3 is 5.76 Å². The van der Waals surface area contributed by atoms with Crippen LogP contribution in [0, 0.1) is 5.92 Å². The Balaban J connectivity index is 1.83. The lowest BCUT2D eigenvalue weighted by Crippen LogP contribution is -2.30. The fourth-order valence-corrected chi connectivity index (χ4v) is 2.79. The first kappa shape index (κ1) is 11.4. The Hall–Kier alpha value is -1.71. The summed E-state index contributed by atoms with van der Waals surface area (Å²) in [6, 6.07) is 6.29. The first-order valence-corrected chi connectivity index (χ1v) is 6.62. The van der Waals surface area contributed by atoms with Crippen molar-refractivity contribution in [3.8, 4) is 0 Å². The Labute approximate surface area is 105 Å². The summed E-state index contributed by atoms with van der Waals surface area (Å²) in [6.45, 7) is 2.30. The van der Waals surface area contributed by atoms with Crippen LogP contribution in [0.4, 0.5) is 5.69 Å². The van der Waals surface area contributed by atoms with E-state index in [0.717, 1.165) is 11.2 Å². The van der Waals surface area contributed by atoms with E-state index in [0.29, 0.717) is 17.5 Å². The molecule has 18 heavy (non-hydrogen) atoms. The van der Waals surface area contributed by atoms with E-state index in [9.17, 15) is 4.79 Å². The summed E-state index contributed by atoms with van der Waals surface area (Å²) in [5.74, 6) is 0.311. The maximum absolute atomic E-state index is 11.1. The van der Waals surface area contributed by atoms with Crippen molar-refractivity contribution >= 4 is 16.8 Å². The van der Waals surface area contributed by atoms with Crippen molar-refractivity contribution in [2.45, 2.75) is 38.6 Å². The van der Waals surface area contributed by atoms with Gasteiger partial charge in [0.2, 0.25) is 0 Å². The molecule has 0 amide bonds. The van der Waals surface area contributed by atoms with E-state index in [4.69, 9.17) is 4.42 Å². The summed E-state index contributed by atoms with van der Waals surface area (Å²) in [4.78, 5) is 13.8. The number of H-pyrrole nitrogens is 1. The Morgan fingerprint density at radius 2 is 2.17 bits per heavy atom. The lowest BCUT2D eigenvalue weighted by atomic mass is 9.86. The molecule has 3 rings (SSSR count). The van der Waals surface area contributed by atoms with E-state index in [1.54, 1.807) is 0 Å². The largest absolute Gasteiger partial charge is 0.417 e. The van der Waals surface area contributed by atoms with Gasteiger partial charge in [-0.2, -0.15) is 0 Å². The SMILES string of the molecule is C[C@H]1CCCC[C@@H]1Nc1ccc2oc(=O)[nH]c2c1. The van der Waals surface area contributed by atoms with Crippen molar-refractivity contribution in [1.29, 1.82) is 0 Å². The lowest BCUT2D eigenvalue weighted by Gasteiger charge is -2.30. The van der Waals surface area contributed by atoms with Crippen LogP contribution in [-0.2, 0) is 0 Å². The average Bonchev–Trinajstić information content (AvgIpc) is 2.71. The molecular formula is C14H18N2O2. The molecule has 1 aliphatic carbocycles. The zero-order chi connectivity index (χ0) is 12.5. The monoisotopic (exact) mass is 246 g/mol. The summed E-state index contributed by atoms with van der Waals surface area (Å²) >= 11 is 0. The highest BCUT2D eigenvalue weighted by Crippen LogP contribution is 2.27. The first-order valence-electron chi connectivity index (χ1n) is 6.62. The zero-order valence-corrected chi connectivity index (χ0v) is 10.5. The molecule has 96 valence electrons. The number of aromatic amines is 1. The van der Waals surface area contributed by atoms with Gasteiger partial charge in [0.1, 0.15) is 0 Å². The standard InChI is InChI=1S/C14H18N2O2/c1-9-4-2-3-5-11(9)15-10-6-7-13-12(8-10)16-14(17)18-13/h6-9,11,15H,2-5H2,1H3,(H,16,17)/t9-,11-/m0/s1. The molecule has 0 spiro atoms. The van der Waals surface area contributed by atoms with Crippen LogP contribution < -0.4 is 11.1 Å². The Bertz CT molecular complexity index is 599. The second-order valence-electron chi connectivity index (χ2n) is 5.24. The number of hydrogen-bond acceptors (Lipinski definition) is 3. The number of anilines is 1. The van der Waals surface area contributed by atoms with Crippen molar-refractivity contribution in [3.63, 3.8) is 0 Å². The quantitative estimate of drug-likeness (QED) is 0.856. The molecule has 4 heteroatoms. The molecule has 2 N–H and O–H groups in total. The normalized spacial score (nSPS) is 24.3. The summed E-state index contributed by atoms with van der Waals surface area (Å²) in [7, 11) is 0. The van der Waals surface area contributed by atoms with Gasteiger partial charge in [0.15, 0.2) is 5.58 Å². The number of nitrogens with one attached hydrogen (secondary N) is 2. The Morgan fingerprint density at radius 3 is 3.00 bits per heavy atom. The molecule has 0 aliphatic heterocycles. The minimum absolute atomic E-state index is 0.395. The van der Waals surface area contributed by atoms with Crippen molar-refractivity contribution in [1.82, 2.24) is 4.98 Å². The van der Waals surface area contributed by atoms with Gasteiger partial charge in [0.25, 0.3) is 0 Å². The van der Waals surface area contributed by atoms with Gasteiger partial charge in [-0.3, -0.25) is 4.98 Å². The summed E-state index contributed by atoms with van der Waals surface area (Å²) in [5.41, 5.74) is 2.43. The first-order chi connectivity index (χ1) is 8.72.